The van der Waals surface area contributed by atoms with Crippen molar-refractivity contribution in [2.75, 3.05) is 39.8 Å². The van der Waals surface area contributed by atoms with Crippen LogP contribution in [-0.4, -0.2) is 82.9 Å². The maximum atomic E-state index is 13.2. The molecule has 3 aliphatic heterocycles. The number of hydrogen-bond donors (Lipinski definition) is 1. The molecule has 2 fully saturated rings. The number of aliphatic imine (C=N–C) groups is 1. The van der Waals surface area contributed by atoms with E-state index >= 15 is 0 Å². The summed E-state index contributed by atoms with van der Waals surface area (Å²) in [4.78, 5) is 34.7. The second-order valence-corrected chi connectivity index (χ2v) is 11.4. The van der Waals surface area contributed by atoms with Gasteiger partial charge in [-0.1, -0.05) is 21.5 Å². The maximum absolute atomic E-state index is 13.2. The molecular weight excluding hydrogens is 520 g/mol. The number of aromatic nitrogens is 2. The van der Waals surface area contributed by atoms with E-state index in [1.807, 2.05) is 32.2 Å². The quantitative estimate of drug-likeness (QED) is 0.607. The van der Waals surface area contributed by atoms with Gasteiger partial charge in [0.2, 0.25) is 0 Å². The van der Waals surface area contributed by atoms with E-state index in [0.717, 1.165) is 46.9 Å². The number of carbonyl (C=O) groups excluding carboxylic acids is 2. The lowest BCUT2D eigenvalue weighted by molar-refractivity contribution is -0.120. The van der Waals surface area contributed by atoms with Gasteiger partial charge in [-0.05, 0) is 77.9 Å². The summed E-state index contributed by atoms with van der Waals surface area (Å²) in [6, 6.07) is 4.91. The molecule has 1 aromatic heterocycles. The first kappa shape index (κ1) is 25.3. The van der Waals surface area contributed by atoms with Crippen LogP contribution in [0.2, 0.25) is 0 Å². The average molecular weight is 556 g/mol. The Balaban J connectivity index is 1.28. The van der Waals surface area contributed by atoms with Crippen molar-refractivity contribution in [3.8, 4) is 0 Å². The molecule has 1 atom stereocenters. The van der Waals surface area contributed by atoms with Gasteiger partial charge in [0.15, 0.2) is 0 Å². The van der Waals surface area contributed by atoms with Crippen LogP contribution in [0.3, 0.4) is 0 Å². The molecular formula is C27H35BrN6O2. The molecule has 2 aromatic rings. The van der Waals surface area contributed by atoms with Crippen LogP contribution in [0.4, 0.5) is 0 Å². The molecule has 1 aromatic carbocycles. The minimum Gasteiger partial charge on any atom is -0.351 e. The molecule has 1 unspecified atom stereocenters. The second kappa shape index (κ2) is 10.6. The number of nitrogens with zero attached hydrogens (tertiary/aromatic N) is 5. The van der Waals surface area contributed by atoms with Crippen LogP contribution >= 0.6 is 15.9 Å². The first-order valence-corrected chi connectivity index (χ1v) is 13.7. The van der Waals surface area contributed by atoms with E-state index in [9.17, 15) is 9.59 Å². The van der Waals surface area contributed by atoms with E-state index in [1.165, 1.54) is 25.9 Å². The number of dihydropyridines is 1. The van der Waals surface area contributed by atoms with Gasteiger partial charge in [-0.25, -0.2) is 4.99 Å². The number of carbonyl (C=O) groups is 2. The lowest BCUT2D eigenvalue weighted by atomic mass is 9.95. The van der Waals surface area contributed by atoms with Crippen LogP contribution in [-0.2, 0) is 4.79 Å². The number of hydrogen-bond acceptors (Lipinski definition) is 5. The molecule has 4 heterocycles. The molecule has 0 aliphatic carbocycles. The fourth-order valence-electron chi connectivity index (χ4n) is 5.89. The van der Waals surface area contributed by atoms with E-state index in [0.29, 0.717) is 23.4 Å². The molecule has 0 spiro atoms. The summed E-state index contributed by atoms with van der Waals surface area (Å²) in [7, 11) is 2.21. The van der Waals surface area contributed by atoms with Crippen molar-refractivity contribution >= 4 is 44.4 Å². The third-order valence-electron chi connectivity index (χ3n) is 8.01. The Hall–Kier alpha value is -2.36. The van der Waals surface area contributed by atoms with Crippen LogP contribution in [0.25, 0.3) is 10.9 Å². The van der Waals surface area contributed by atoms with Crippen molar-refractivity contribution in [2.45, 2.75) is 51.6 Å². The molecule has 192 valence electrons. The SMILES string of the molecule is CC1=CC(C)=NC(=O)C1CNC(=O)c1cc(Br)cc2c1cnn2C1CCN(C2CCN(C)CC2)CC1. The minimum absolute atomic E-state index is 0.202. The highest BCUT2D eigenvalue weighted by Crippen LogP contribution is 2.32. The Labute approximate surface area is 220 Å². The second-order valence-electron chi connectivity index (χ2n) is 10.5. The van der Waals surface area contributed by atoms with Gasteiger partial charge in [0, 0.05) is 41.2 Å². The van der Waals surface area contributed by atoms with Gasteiger partial charge in [0.1, 0.15) is 0 Å². The molecule has 0 bridgehead atoms. The van der Waals surface area contributed by atoms with Gasteiger partial charge >= 0.3 is 0 Å². The van der Waals surface area contributed by atoms with Gasteiger partial charge < -0.3 is 15.1 Å². The summed E-state index contributed by atoms with van der Waals surface area (Å²) in [6.07, 6.45) is 8.34. The third-order valence-corrected chi connectivity index (χ3v) is 8.47. The summed E-state index contributed by atoms with van der Waals surface area (Å²) in [5, 5.41) is 8.54. The standard InChI is InChI=1S/C27H35BrN6O2/c1-17-12-18(2)31-27(36)23(17)15-29-26(35)22-13-19(28)14-25-24(22)16-30-34(25)21-6-10-33(11-7-21)20-4-8-32(3)9-5-20/h12-14,16,20-21,23H,4-11,15H2,1-3H3,(H,29,35). The number of benzene rings is 1. The highest BCUT2D eigenvalue weighted by atomic mass is 79.9. The van der Waals surface area contributed by atoms with E-state index in [2.05, 4.69) is 53.8 Å². The van der Waals surface area contributed by atoms with E-state index in [1.54, 1.807) is 0 Å². The number of amides is 2. The number of nitrogens with one attached hydrogen (secondary N) is 1. The molecule has 9 heteroatoms. The summed E-state index contributed by atoms with van der Waals surface area (Å²) in [5.41, 5.74) is 3.17. The van der Waals surface area contributed by atoms with Crippen molar-refractivity contribution in [1.82, 2.24) is 24.9 Å². The lowest BCUT2D eigenvalue weighted by Gasteiger charge is -2.41. The molecule has 0 radical (unpaired) electrons. The number of rotatable bonds is 5. The van der Waals surface area contributed by atoms with E-state index < -0.39 is 5.92 Å². The van der Waals surface area contributed by atoms with Crippen LogP contribution in [0, 0.1) is 5.92 Å². The monoisotopic (exact) mass is 554 g/mol. The predicted molar refractivity (Wildman–Crippen MR) is 145 cm³/mol. The minimum atomic E-state index is -0.419. The summed E-state index contributed by atoms with van der Waals surface area (Å²) >= 11 is 3.60. The van der Waals surface area contributed by atoms with Crippen molar-refractivity contribution in [3.05, 3.63) is 40.0 Å². The normalized spacial score (nSPS) is 23.1. The lowest BCUT2D eigenvalue weighted by Crippen LogP contribution is -2.47. The molecule has 0 saturated carbocycles. The largest absolute Gasteiger partial charge is 0.351 e. The number of piperidine rings is 2. The third kappa shape index (κ3) is 5.19. The number of allylic oxidation sites excluding steroid dienone is 1. The van der Waals surface area contributed by atoms with Crippen molar-refractivity contribution in [3.63, 3.8) is 0 Å². The number of fused-ring (bicyclic) bond motifs is 1. The molecule has 5 rings (SSSR count). The Morgan fingerprint density at radius 3 is 2.47 bits per heavy atom. The molecule has 3 aliphatic rings. The zero-order valence-electron chi connectivity index (χ0n) is 21.3. The molecule has 36 heavy (non-hydrogen) atoms. The smallest absolute Gasteiger partial charge is 0.254 e. The Morgan fingerprint density at radius 1 is 1.08 bits per heavy atom. The van der Waals surface area contributed by atoms with Crippen molar-refractivity contribution < 1.29 is 9.59 Å². The van der Waals surface area contributed by atoms with Crippen molar-refractivity contribution in [2.24, 2.45) is 10.9 Å². The van der Waals surface area contributed by atoms with Crippen LogP contribution in [0.1, 0.15) is 55.9 Å². The molecule has 8 nitrogen and oxygen atoms in total. The first-order chi connectivity index (χ1) is 17.3. The Kier molecular flexibility index (Phi) is 7.42. The van der Waals surface area contributed by atoms with Gasteiger partial charge in [-0.3, -0.25) is 14.3 Å². The van der Waals surface area contributed by atoms with Gasteiger partial charge in [-0.2, -0.15) is 5.10 Å². The Bertz CT molecular complexity index is 1220. The Morgan fingerprint density at radius 2 is 1.78 bits per heavy atom. The van der Waals surface area contributed by atoms with E-state index in [4.69, 9.17) is 5.10 Å². The average Bonchev–Trinajstić information content (AvgIpc) is 3.27. The highest BCUT2D eigenvalue weighted by Gasteiger charge is 2.30. The van der Waals surface area contributed by atoms with Crippen LogP contribution < -0.4 is 5.32 Å². The molecule has 1 N–H and O–H groups in total. The topological polar surface area (TPSA) is 82.8 Å². The van der Waals surface area contributed by atoms with Gasteiger partial charge in [-0.15, -0.1) is 0 Å². The number of likely N-dealkylation sites (tertiary alicyclic amines) is 2. The van der Waals surface area contributed by atoms with Gasteiger partial charge in [0.05, 0.1) is 29.2 Å². The zero-order valence-corrected chi connectivity index (χ0v) is 22.9. The van der Waals surface area contributed by atoms with Crippen LogP contribution in [0.15, 0.2) is 39.4 Å². The van der Waals surface area contributed by atoms with Crippen LogP contribution in [0.5, 0.6) is 0 Å². The predicted octanol–water partition coefficient (Wildman–Crippen LogP) is 3.82. The fraction of sp³-hybridized carbons (Fsp3) is 0.556. The summed E-state index contributed by atoms with van der Waals surface area (Å²) in [5.74, 6) is -0.825. The summed E-state index contributed by atoms with van der Waals surface area (Å²) < 4.78 is 2.95. The fourth-order valence-corrected chi connectivity index (χ4v) is 6.34. The maximum Gasteiger partial charge on any atom is 0.254 e. The highest BCUT2D eigenvalue weighted by molar-refractivity contribution is 9.10. The zero-order chi connectivity index (χ0) is 25.4. The van der Waals surface area contributed by atoms with Crippen molar-refractivity contribution in [1.29, 1.82) is 0 Å². The van der Waals surface area contributed by atoms with E-state index in [-0.39, 0.29) is 18.4 Å². The number of halogens is 1. The summed E-state index contributed by atoms with van der Waals surface area (Å²) in [6.45, 7) is 8.50. The molecule has 2 amide bonds. The first-order valence-electron chi connectivity index (χ1n) is 12.9. The molecule has 2 saturated heterocycles. The van der Waals surface area contributed by atoms with Gasteiger partial charge in [0.25, 0.3) is 11.8 Å².